The van der Waals surface area contributed by atoms with Crippen molar-refractivity contribution in [3.8, 4) is 5.75 Å². The number of hydrogen-bond acceptors (Lipinski definition) is 5. The normalized spacial score (nSPS) is 11.3. The van der Waals surface area contributed by atoms with Crippen LogP contribution in [0.5, 0.6) is 5.75 Å². The predicted octanol–water partition coefficient (Wildman–Crippen LogP) is 2.12. The SMILES string of the molecule is CC(=O)c1ccc(S(=O)(=O)N(C)CC(=O)Oc2ccccc2)cc1. The number of hydrogen-bond donors (Lipinski definition) is 0. The highest BCUT2D eigenvalue weighted by atomic mass is 32.2. The molecule has 0 aliphatic carbocycles. The third kappa shape index (κ3) is 4.27. The van der Waals surface area contributed by atoms with Crippen molar-refractivity contribution in [1.82, 2.24) is 4.31 Å². The number of Topliss-reactive ketones (excluding diaryl/α,β-unsaturated/α-hetero) is 1. The number of carbonyl (C=O) groups is 2. The second-order valence-corrected chi connectivity index (χ2v) is 7.17. The Hall–Kier alpha value is -2.51. The smallest absolute Gasteiger partial charge is 0.326 e. The van der Waals surface area contributed by atoms with Crippen LogP contribution in [-0.4, -0.2) is 38.1 Å². The van der Waals surface area contributed by atoms with Crippen LogP contribution in [-0.2, 0) is 14.8 Å². The van der Waals surface area contributed by atoms with E-state index < -0.39 is 22.5 Å². The fourth-order valence-corrected chi connectivity index (χ4v) is 3.08. The average molecular weight is 347 g/mol. The molecule has 0 spiro atoms. The standard InChI is InChI=1S/C17H17NO5S/c1-13(19)14-8-10-16(11-9-14)24(21,22)18(2)12-17(20)23-15-6-4-3-5-7-15/h3-11H,12H2,1-2H3. The number of carbonyl (C=O) groups excluding carboxylic acids is 2. The number of para-hydroxylation sites is 1. The molecule has 0 bridgehead atoms. The number of ketones is 1. The van der Waals surface area contributed by atoms with Gasteiger partial charge in [0, 0.05) is 12.6 Å². The number of sulfonamides is 1. The van der Waals surface area contributed by atoms with Gasteiger partial charge in [-0.3, -0.25) is 9.59 Å². The van der Waals surface area contributed by atoms with Crippen molar-refractivity contribution in [2.45, 2.75) is 11.8 Å². The van der Waals surface area contributed by atoms with Gasteiger partial charge in [0.15, 0.2) is 5.78 Å². The van der Waals surface area contributed by atoms with Crippen LogP contribution in [0.15, 0.2) is 59.5 Å². The minimum atomic E-state index is -3.85. The maximum Gasteiger partial charge on any atom is 0.326 e. The Morgan fingerprint density at radius 3 is 2.12 bits per heavy atom. The quantitative estimate of drug-likeness (QED) is 0.454. The van der Waals surface area contributed by atoms with Crippen molar-refractivity contribution in [2.75, 3.05) is 13.6 Å². The van der Waals surface area contributed by atoms with Gasteiger partial charge in [0.05, 0.1) is 4.90 Å². The van der Waals surface area contributed by atoms with Crippen molar-refractivity contribution < 1.29 is 22.7 Å². The van der Waals surface area contributed by atoms with E-state index in [4.69, 9.17) is 4.74 Å². The van der Waals surface area contributed by atoms with E-state index in [-0.39, 0.29) is 10.7 Å². The summed E-state index contributed by atoms with van der Waals surface area (Å²) < 4.78 is 30.8. The minimum absolute atomic E-state index is 0.00233. The molecule has 0 fully saturated rings. The molecule has 0 radical (unpaired) electrons. The zero-order valence-electron chi connectivity index (χ0n) is 13.3. The molecule has 7 heteroatoms. The Balaban J connectivity index is 2.08. The van der Waals surface area contributed by atoms with Gasteiger partial charge in [-0.2, -0.15) is 4.31 Å². The van der Waals surface area contributed by atoms with Crippen LogP contribution in [0.3, 0.4) is 0 Å². The van der Waals surface area contributed by atoms with Gasteiger partial charge in [-0.1, -0.05) is 30.3 Å². The number of benzene rings is 2. The first-order valence-corrected chi connectivity index (χ1v) is 8.58. The lowest BCUT2D eigenvalue weighted by Gasteiger charge is -2.16. The van der Waals surface area contributed by atoms with Gasteiger partial charge in [0.2, 0.25) is 10.0 Å². The van der Waals surface area contributed by atoms with E-state index in [0.717, 1.165) is 4.31 Å². The first kappa shape index (κ1) is 17.8. The summed E-state index contributed by atoms with van der Waals surface area (Å²) in [6.07, 6.45) is 0. The summed E-state index contributed by atoms with van der Waals surface area (Å²) in [5.74, 6) is -0.495. The van der Waals surface area contributed by atoms with Gasteiger partial charge in [-0.05, 0) is 31.2 Å². The highest BCUT2D eigenvalue weighted by molar-refractivity contribution is 7.89. The Labute approximate surface area is 140 Å². The lowest BCUT2D eigenvalue weighted by molar-refractivity contribution is -0.134. The van der Waals surface area contributed by atoms with E-state index in [0.29, 0.717) is 11.3 Å². The Bertz CT molecular complexity index is 829. The molecule has 0 aromatic heterocycles. The first-order valence-electron chi connectivity index (χ1n) is 7.14. The summed E-state index contributed by atoms with van der Waals surface area (Å²) in [6, 6.07) is 13.9. The maximum atomic E-state index is 12.4. The molecule has 2 aromatic carbocycles. The fraction of sp³-hybridized carbons (Fsp3) is 0.176. The molecule has 0 saturated carbocycles. The third-order valence-corrected chi connectivity index (χ3v) is 5.11. The molecule has 126 valence electrons. The molecule has 0 heterocycles. The summed E-state index contributed by atoms with van der Waals surface area (Å²) in [5.41, 5.74) is 0.417. The maximum absolute atomic E-state index is 12.4. The Morgan fingerprint density at radius 1 is 1.00 bits per heavy atom. The lowest BCUT2D eigenvalue weighted by atomic mass is 10.2. The van der Waals surface area contributed by atoms with Crippen LogP contribution >= 0.6 is 0 Å². The van der Waals surface area contributed by atoms with Gasteiger partial charge in [0.25, 0.3) is 0 Å². The lowest BCUT2D eigenvalue weighted by Crippen LogP contribution is -2.34. The largest absolute Gasteiger partial charge is 0.426 e. The first-order chi connectivity index (χ1) is 11.3. The topological polar surface area (TPSA) is 80.8 Å². The van der Waals surface area contributed by atoms with Crippen LogP contribution in [0, 0.1) is 0 Å². The van der Waals surface area contributed by atoms with Crippen molar-refractivity contribution >= 4 is 21.8 Å². The van der Waals surface area contributed by atoms with Crippen LogP contribution < -0.4 is 4.74 Å². The Kier molecular flexibility index (Phi) is 5.48. The zero-order valence-corrected chi connectivity index (χ0v) is 14.1. The van der Waals surface area contributed by atoms with Gasteiger partial charge in [-0.25, -0.2) is 8.42 Å². The predicted molar refractivity (Wildman–Crippen MR) is 88.3 cm³/mol. The second kappa shape index (κ2) is 7.37. The van der Waals surface area contributed by atoms with Crippen molar-refractivity contribution in [3.63, 3.8) is 0 Å². The van der Waals surface area contributed by atoms with E-state index in [1.54, 1.807) is 30.3 Å². The molecule has 0 unspecified atom stereocenters. The highest BCUT2D eigenvalue weighted by Crippen LogP contribution is 2.16. The molecule has 0 N–H and O–H groups in total. The van der Waals surface area contributed by atoms with Gasteiger partial charge < -0.3 is 4.74 Å². The number of esters is 1. The van der Waals surface area contributed by atoms with Crippen molar-refractivity contribution in [3.05, 3.63) is 60.2 Å². The molecule has 24 heavy (non-hydrogen) atoms. The molecule has 0 aliphatic heterocycles. The van der Waals surface area contributed by atoms with Gasteiger partial charge in [0.1, 0.15) is 12.3 Å². The van der Waals surface area contributed by atoms with E-state index in [2.05, 4.69) is 0 Å². The molecular weight excluding hydrogens is 330 g/mol. The summed E-state index contributed by atoms with van der Waals surface area (Å²) in [7, 11) is -2.56. The molecule has 0 atom stereocenters. The number of nitrogens with zero attached hydrogens (tertiary/aromatic N) is 1. The highest BCUT2D eigenvalue weighted by Gasteiger charge is 2.23. The second-order valence-electron chi connectivity index (χ2n) is 5.13. The summed E-state index contributed by atoms with van der Waals surface area (Å²) in [4.78, 5) is 23.1. The van der Waals surface area contributed by atoms with Crippen LogP contribution in [0.2, 0.25) is 0 Å². The minimum Gasteiger partial charge on any atom is -0.426 e. The van der Waals surface area contributed by atoms with Crippen molar-refractivity contribution in [2.24, 2.45) is 0 Å². The van der Waals surface area contributed by atoms with E-state index in [1.807, 2.05) is 0 Å². The molecule has 0 amide bonds. The van der Waals surface area contributed by atoms with Gasteiger partial charge >= 0.3 is 5.97 Å². The van der Waals surface area contributed by atoms with Crippen LogP contribution in [0.25, 0.3) is 0 Å². The summed E-state index contributed by atoms with van der Waals surface area (Å²) >= 11 is 0. The Morgan fingerprint density at radius 2 is 1.58 bits per heavy atom. The number of rotatable bonds is 6. The fourth-order valence-electron chi connectivity index (χ4n) is 1.96. The van der Waals surface area contributed by atoms with E-state index in [9.17, 15) is 18.0 Å². The molecular formula is C17H17NO5S. The van der Waals surface area contributed by atoms with Crippen LogP contribution in [0.1, 0.15) is 17.3 Å². The monoisotopic (exact) mass is 347 g/mol. The van der Waals surface area contributed by atoms with Crippen LogP contribution in [0.4, 0.5) is 0 Å². The zero-order chi connectivity index (χ0) is 17.7. The number of likely N-dealkylation sites (N-methyl/N-ethyl adjacent to an activating group) is 1. The van der Waals surface area contributed by atoms with Crippen molar-refractivity contribution in [1.29, 1.82) is 0 Å². The molecule has 2 aromatic rings. The van der Waals surface area contributed by atoms with E-state index >= 15 is 0 Å². The molecule has 0 aliphatic rings. The average Bonchev–Trinajstić information content (AvgIpc) is 2.55. The van der Waals surface area contributed by atoms with Gasteiger partial charge in [-0.15, -0.1) is 0 Å². The molecule has 2 rings (SSSR count). The summed E-state index contributed by atoms with van der Waals surface area (Å²) in [5, 5.41) is 0. The number of ether oxygens (including phenoxy) is 1. The molecule has 0 saturated heterocycles. The summed E-state index contributed by atoms with van der Waals surface area (Å²) in [6.45, 7) is 0.973. The van der Waals surface area contributed by atoms with E-state index in [1.165, 1.54) is 38.2 Å². The molecule has 6 nitrogen and oxygen atoms in total. The third-order valence-electron chi connectivity index (χ3n) is 3.30.